The van der Waals surface area contributed by atoms with Gasteiger partial charge in [-0.25, -0.2) is 0 Å². The molecule has 0 amide bonds. The van der Waals surface area contributed by atoms with Gasteiger partial charge >= 0.3 is 0 Å². The highest BCUT2D eigenvalue weighted by molar-refractivity contribution is 4.78. The number of piperidine rings is 2. The van der Waals surface area contributed by atoms with Gasteiger partial charge in [-0.15, -0.1) is 0 Å². The minimum absolute atomic E-state index is 0.722. The van der Waals surface area contributed by atoms with Gasteiger partial charge in [0.25, 0.3) is 0 Å². The van der Waals surface area contributed by atoms with Crippen molar-refractivity contribution in [1.29, 1.82) is 0 Å². The fourth-order valence-corrected chi connectivity index (χ4v) is 3.41. The molecule has 3 nitrogen and oxygen atoms in total. The van der Waals surface area contributed by atoms with Crippen molar-refractivity contribution in [3.8, 4) is 0 Å². The molecule has 2 heterocycles. The second kappa shape index (κ2) is 8.23. The van der Waals surface area contributed by atoms with E-state index in [1.165, 1.54) is 77.8 Å². The average Bonchev–Trinajstić information content (AvgIpc) is 2.45. The van der Waals surface area contributed by atoms with Crippen LogP contribution in [0.25, 0.3) is 0 Å². The third-order valence-corrected chi connectivity index (χ3v) is 4.79. The van der Waals surface area contributed by atoms with Gasteiger partial charge in [0.05, 0.1) is 0 Å². The van der Waals surface area contributed by atoms with Crippen molar-refractivity contribution in [2.45, 2.75) is 64.5 Å². The van der Waals surface area contributed by atoms with Gasteiger partial charge < -0.3 is 15.1 Å². The lowest BCUT2D eigenvalue weighted by atomic mass is 10.0. The second-order valence-electron chi connectivity index (χ2n) is 6.61. The molecular formula is C16H33N3. The van der Waals surface area contributed by atoms with E-state index < -0.39 is 0 Å². The number of rotatable bonds is 6. The number of nitrogens with one attached hydrogen (secondary N) is 1. The Balaban J connectivity index is 1.49. The largest absolute Gasteiger partial charge is 0.314 e. The summed E-state index contributed by atoms with van der Waals surface area (Å²) in [5, 5.41) is 3.77. The predicted molar refractivity (Wildman–Crippen MR) is 82.6 cm³/mol. The molecule has 112 valence electrons. The molecule has 2 aliphatic heterocycles. The number of hydrogen-bond acceptors (Lipinski definition) is 3. The Kier molecular flexibility index (Phi) is 6.62. The van der Waals surface area contributed by atoms with Crippen LogP contribution in [-0.4, -0.2) is 61.2 Å². The second-order valence-corrected chi connectivity index (χ2v) is 6.61. The van der Waals surface area contributed by atoms with Crippen LogP contribution in [-0.2, 0) is 0 Å². The molecular weight excluding hydrogens is 234 g/mol. The maximum atomic E-state index is 3.77. The minimum Gasteiger partial charge on any atom is -0.314 e. The molecule has 0 radical (unpaired) electrons. The quantitative estimate of drug-likeness (QED) is 0.745. The van der Waals surface area contributed by atoms with E-state index in [4.69, 9.17) is 0 Å². The van der Waals surface area contributed by atoms with Crippen LogP contribution in [0.1, 0.15) is 52.4 Å². The first-order chi connectivity index (χ1) is 9.25. The molecule has 19 heavy (non-hydrogen) atoms. The molecule has 2 fully saturated rings. The Morgan fingerprint density at radius 2 is 1.68 bits per heavy atom. The Morgan fingerprint density at radius 3 is 2.32 bits per heavy atom. The monoisotopic (exact) mass is 267 g/mol. The van der Waals surface area contributed by atoms with Crippen LogP contribution in [0.5, 0.6) is 0 Å². The molecule has 1 N–H and O–H groups in total. The van der Waals surface area contributed by atoms with Gasteiger partial charge in [-0.1, -0.05) is 6.42 Å². The van der Waals surface area contributed by atoms with Crippen molar-refractivity contribution in [2.75, 3.05) is 39.3 Å². The number of hydrogen-bond donors (Lipinski definition) is 1. The van der Waals surface area contributed by atoms with E-state index >= 15 is 0 Å². The summed E-state index contributed by atoms with van der Waals surface area (Å²) >= 11 is 0. The van der Waals surface area contributed by atoms with Gasteiger partial charge in [-0.3, -0.25) is 0 Å². The van der Waals surface area contributed by atoms with Crippen LogP contribution in [0, 0.1) is 0 Å². The highest BCUT2D eigenvalue weighted by Crippen LogP contribution is 2.13. The Morgan fingerprint density at radius 1 is 1.00 bits per heavy atom. The third kappa shape index (κ3) is 5.41. The summed E-state index contributed by atoms with van der Waals surface area (Å²) in [4.78, 5) is 5.25. The summed E-state index contributed by atoms with van der Waals surface area (Å²) < 4.78 is 0. The van der Waals surface area contributed by atoms with E-state index in [-0.39, 0.29) is 0 Å². The zero-order valence-electron chi connectivity index (χ0n) is 13.0. The topological polar surface area (TPSA) is 18.5 Å². The maximum absolute atomic E-state index is 3.77. The third-order valence-electron chi connectivity index (χ3n) is 4.79. The first kappa shape index (κ1) is 15.3. The Hall–Kier alpha value is -0.120. The Labute approximate surface area is 119 Å². The number of nitrogens with zero attached hydrogens (tertiary/aromatic N) is 2. The zero-order valence-corrected chi connectivity index (χ0v) is 13.0. The van der Waals surface area contributed by atoms with Crippen LogP contribution >= 0.6 is 0 Å². The van der Waals surface area contributed by atoms with Crippen LogP contribution in [0.4, 0.5) is 0 Å². The average molecular weight is 267 g/mol. The highest BCUT2D eigenvalue weighted by Gasteiger charge is 2.20. The molecule has 0 unspecified atom stereocenters. The predicted octanol–water partition coefficient (Wildman–Crippen LogP) is 2.32. The molecule has 3 heteroatoms. The highest BCUT2D eigenvalue weighted by atomic mass is 15.2. The fourth-order valence-electron chi connectivity index (χ4n) is 3.41. The van der Waals surface area contributed by atoms with E-state index in [2.05, 4.69) is 29.0 Å². The molecule has 0 bridgehead atoms. The number of likely N-dealkylation sites (tertiary alicyclic amines) is 2. The van der Waals surface area contributed by atoms with E-state index in [1.807, 2.05) is 0 Å². The molecule has 0 aromatic rings. The molecule has 0 aromatic heterocycles. The normalized spacial score (nSPS) is 24.2. The first-order valence-corrected chi connectivity index (χ1v) is 8.45. The molecule has 2 rings (SSSR count). The summed E-state index contributed by atoms with van der Waals surface area (Å²) in [5.74, 6) is 0. The van der Waals surface area contributed by atoms with Crippen molar-refractivity contribution < 1.29 is 0 Å². The van der Waals surface area contributed by atoms with E-state index in [0.29, 0.717) is 0 Å². The van der Waals surface area contributed by atoms with Crippen LogP contribution in [0.15, 0.2) is 0 Å². The lowest BCUT2D eigenvalue weighted by Gasteiger charge is -2.35. The van der Waals surface area contributed by atoms with Gasteiger partial charge in [-0.2, -0.15) is 0 Å². The van der Waals surface area contributed by atoms with Gasteiger partial charge in [0.2, 0.25) is 0 Å². The van der Waals surface area contributed by atoms with E-state index in [1.54, 1.807) is 0 Å². The summed E-state index contributed by atoms with van der Waals surface area (Å²) in [6.07, 6.45) is 8.28. The Bertz CT molecular complexity index is 228. The van der Waals surface area contributed by atoms with Crippen LogP contribution in [0.2, 0.25) is 0 Å². The van der Waals surface area contributed by atoms with Crippen LogP contribution < -0.4 is 5.32 Å². The standard InChI is InChI=1S/C16H33N3/c1-15(2)19-13-7-16(8-14-19)17-9-6-12-18-10-4-3-5-11-18/h15-17H,3-14H2,1-2H3. The van der Waals surface area contributed by atoms with Gasteiger partial charge in [0, 0.05) is 12.1 Å². The molecule has 0 saturated carbocycles. The molecule has 2 aliphatic rings. The summed E-state index contributed by atoms with van der Waals surface area (Å²) in [7, 11) is 0. The van der Waals surface area contributed by atoms with Crippen molar-refractivity contribution in [3.63, 3.8) is 0 Å². The zero-order chi connectivity index (χ0) is 13.5. The van der Waals surface area contributed by atoms with Crippen molar-refractivity contribution in [2.24, 2.45) is 0 Å². The fraction of sp³-hybridized carbons (Fsp3) is 1.00. The van der Waals surface area contributed by atoms with Gasteiger partial charge in [0.1, 0.15) is 0 Å². The lowest BCUT2D eigenvalue weighted by Crippen LogP contribution is -2.45. The lowest BCUT2D eigenvalue weighted by molar-refractivity contribution is 0.160. The summed E-state index contributed by atoms with van der Waals surface area (Å²) in [6, 6.07) is 1.50. The van der Waals surface area contributed by atoms with Crippen molar-refractivity contribution in [3.05, 3.63) is 0 Å². The SMILES string of the molecule is CC(C)N1CCC(NCCCN2CCCCC2)CC1. The molecule has 2 saturated heterocycles. The minimum atomic E-state index is 0.722. The van der Waals surface area contributed by atoms with Crippen LogP contribution in [0.3, 0.4) is 0 Å². The summed E-state index contributed by atoms with van der Waals surface area (Å²) in [6.45, 7) is 12.4. The first-order valence-electron chi connectivity index (χ1n) is 8.45. The van der Waals surface area contributed by atoms with E-state index in [0.717, 1.165) is 12.1 Å². The van der Waals surface area contributed by atoms with Gasteiger partial charge in [0.15, 0.2) is 0 Å². The molecule has 0 aliphatic carbocycles. The molecule has 0 atom stereocenters. The van der Waals surface area contributed by atoms with Crippen molar-refractivity contribution >= 4 is 0 Å². The summed E-state index contributed by atoms with van der Waals surface area (Å²) in [5.41, 5.74) is 0. The molecule has 0 aromatic carbocycles. The maximum Gasteiger partial charge on any atom is 0.00914 e. The smallest absolute Gasteiger partial charge is 0.00914 e. The van der Waals surface area contributed by atoms with Crippen molar-refractivity contribution in [1.82, 2.24) is 15.1 Å². The molecule has 0 spiro atoms. The van der Waals surface area contributed by atoms with Gasteiger partial charge in [-0.05, 0) is 85.2 Å². The van der Waals surface area contributed by atoms with E-state index in [9.17, 15) is 0 Å².